The number of allylic oxidation sites excluding steroid dienone is 1. The summed E-state index contributed by atoms with van der Waals surface area (Å²) in [7, 11) is -3.83. The van der Waals surface area contributed by atoms with E-state index in [0.717, 1.165) is 5.69 Å². The number of aromatic nitrogens is 2. The minimum atomic E-state index is -3.83. The van der Waals surface area contributed by atoms with Crippen molar-refractivity contribution in [1.29, 1.82) is 0 Å². The first-order chi connectivity index (χ1) is 11.4. The lowest BCUT2D eigenvalue weighted by molar-refractivity contribution is 0.0969. The first kappa shape index (κ1) is 22.2. The van der Waals surface area contributed by atoms with E-state index in [1.165, 1.54) is 0 Å². The second-order valence-corrected chi connectivity index (χ2v) is 9.11. The topological polar surface area (TPSA) is 62.6 Å². The standard InChI is InChI=1S/C17H30ClN2O4P/c1-12(2)22-25(21,23-13(3)4)24-15(9-10-18)16-19-11-14(5)20(16)17(6,7)8/h9,11-13H,10H2,1-8H3/b15-9+. The van der Waals surface area contributed by atoms with Crippen LogP contribution < -0.4 is 0 Å². The van der Waals surface area contributed by atoms with Gasteiger partial charge in [0, 0.05) is 23.3 Å². The van der Waals surface area contributed by atoms with Gasteiger partial charge in [-0.25, -0.2) is 9.55 Å². The van der Waals surface area contributed by atoms with E-state index >= 15 is 0 Å². The summed E-state index contributed by atoms with van der Waals surface area (Å²) in [5.41, 5.74) is 0.711. The highest BCUT2D eigenvalue weighted by atomic mass is 35.5. The predicted octanol–water partition coefficient (Wildman–Crippen LogP) is 5.50. The van der Waals surface area contributed by atoms with Crippen molar-refractivity contribution in [3.05, 3.63) is 23.8 Å². The quantitative estimate of drug-likeness (QED) is 0.332. The van der Waals surface area contributed by atoms with Gasteiger partial charge < -0.3 is 9.09 Å². The van der Waals surface area contributed by atoms with Gasteiger partial charge >= 0.3 is 7.82 Å². The van der Waals surface area contributed by atoms with E-state index in [0.29, 0.717) is 5.82 Å². The molecule has 1 aromatic heterocycles. The summed E-state index contributed by atoms with van der Waals surface area (Å²) < 4.78 is 31.8. The Morgan fingerprint density at radius 2 is 1.80 bits per heavy atom. The molecule has 8 heteroatoms. The molecule has 0 atom stereocenters. The molecule has 1 rings (SSSR count). The number of phosphoric ester groups is 1. The summed E-state index contributed by atoms with van der Waals surface area (Å²) >= 11 is 5.90. The molecule has 0 fully saturated rings. The van der Waals surface area contributed by atoms with Crippen LogP contribution in [0.1, 0.15) is 60.0 Å². The molecule has 0 aliphatic heterocycles. The SMILES string of the molecule is Cc1cnc(/C(=C\CCl)OP(=O)(OC(C)C)OC(C)C)n1C(C)(C)C. The highest BCUT2D eigenvalue weighted by Gasteiger charge is 2.34. The second kappa shape index (κ2) is 8.72. The van der Waals surface area contributed by atoms with Crippen molar-refractivity contribution in [3.8, 4) is 0 Å². The van der Waals surface area contributed by atoms with Crippen LogP contribution in [-0.4, -0.2) is 27.6 Å². The molecule has 0 bridgehead atoms. The molecule has 0 spiro atoms. The van der Waals surface area contributed by atoms with E-state index in [1.54, 1.807) is 40.0 Å². The molecular formula is C17H30ClN2O4P. The lowest BCUT2D eigenvalue weighted by Gasteiger charge is -2.28. The van der Waals surface area contributed by atoms with Gasteiger partial charge in [0.1, 0.15) is 0 Å². The number of rotatable bonds is 8. The zero-order valence-corrected chi connectivity index (χ0v) is 18.0. The summed E-state index contributed by atoms with van der Waals surface area (Å²) in [5.74, 6) is 0.989. The van der Waals surface area contributed by atoms with Crippen molar-refractivity contribution in [2.75, 3.05) is 5.88 Å². The molecule has 0 saturated carbocycles. The van der Waals surface area contributed by atoms with Gasteiger partial charge in [0.2, 0.25) is 0 Å². The molecule has 0 unspecified atom stereocenters. The van der Waals surface area contributed by atoms with Crippen LogP contribution >= 0.6 is 19.4 Å². The zero-order valence-electron chi connectivity index (χ0n) is 16.4. The van der Waals surface area contributed by atoms with Crippen LogP contribution in [0.15, 0.2) is 12.3 Å². The Balaban J connectivity index is 3.34. The number of nitrogens with zero attached hydrogens (tertiary/aromatic N) is 2. The fourth-order valence-electron chi connectivity index (χ4n) is 2.40. The summed E-state index contributed by atoms with van der Waals surface area (Å²) in [6.45, 7) is 15.2. The highest BCUT2D eigenvalue weighted by Crippen LogP contribution is 2.54. The molecule has 1 aromatic rings. The maximum Gasteiger partial charge on any atom is 0.530 e. The minimum absolute atomic E-state index is 0.175. The minimum Gasteiger partial charge on any atom is -0.400 e. The average Bonchev–Trinajstić information content (AvgIpc) is 2.77. The van der Waals surface area contributed by atoms with E-state index in [-0.39, 0.29) is 29.4 Å². The smallest absolute Gasteiger partial charge is 0.400 e. The van der Waals surface area contributed by atoms with Crippen LogP contribution in [0.3, 0.4) is 0 Å². The molecule has 1 heterocycles. The lowest BCUT2D eigenvalue weighted by Crippen LogP contribution is -2.25. The first-order valence-corrected chi connectivity index (χ1v) is 10.4. The van der Waals surface area contributed by atoms with Crippen LogP contribution in [0, 0.1) is 6.92 Å². The van der Waals surface area contributed by atoms with Gasteiger partial charge in [0.05, 0.1) is 12.2 Å². The van der Waals surface area contributed by atoms with E-state index in [2.05, 4.69) is 25.8 Å². The first-order valence-electron chi connectivity index (χ1n) is 8.37. The van der Waals surface area contributed by atoms with Crippen LogP contribution in [0.2, 0.25) is 0 Å². The number of hydrogen-bond donors (Lipinski definition) is 0. The van der Waals surface area contributed by atoms with Gasteiger partial charge in [-0.15, -0.1) is 11.6 Å². The number of alkyl halides is 1. The maximum atomic E-state index is 13.1. The van der Waals surface area contributed by atoms with Crippen molar-refractivity contribution in [2.45, 2.75) is 73.1 Å². The number of aryl methyl sites for hydroxylation is 1. The van der Waals surface area contributed by atoms with Gasteiger partial charge in [0.25, 0.3) is 0 Å². The molecule has 0 N–H and O–H groups in total. The van der Waals surface area contributed by atoms with Gasteiger partial charge in [-0.3, -0.25) is 9.05 Å². The van der Waals surface area contributed by atoms with Gasteiger partial charge in [-0.1, -0.05) is 0 Å². The molecule has 144 valence electrons. The fourth-order valence-corrected chi connectivity index (χ4v) is 4.11. The largest absolute Gasteiger partial charge is 0.530 e. The number of halogens is 1. The fraction of sp³-hybridized carbons (Fsp3) is 0.706. The zero-order chi connectivity index (χ0) is 19.4. The van der Waals surface area contributed by atoms with Crippen molar-refractivity contribution < 1.29 is 18.1 Å². The Labute approximate surface area is 156 Å². The van der Waals surface area contributed by atoms with Crippen molar-refractivity contribution in [1.82, 2.24) is 9.55 Å². The van der Waals surface area contributed by atoms with Gasteiger partial charge in [-0.2, -0.15) is 0 Å². The number of imidazole rings is 1. The molecule has 25 heavy (non-hydrogen) atoms. The molecule has 0 aliphatic rings. The molecule has 0 aromatic carbocycles. The normalized spacial score (nSPS) is 13.8. The van der Waals surface area contributed by atoms with E-state index in [4.69, 9.17) is 25.2 Å². The van der Waals surface area contributed by atoms with Crippen LogP contribution in [-0.2, 0) is 23.7 Å². The molecular weight excluding hydrogens is 363 g/mol. The Kier molecular flexibility index (Phi) is 7.75. The van der Waals surface area contributed by atoms with Crippen molar-refractivity contribution >= 4 is 25.2 Å². The average molecular weight is 393 g/mol. The van der Waals surface area contributed by atoms with Crippen LogP contribution in [0.4, 0.5) is 0 Å². The molecule has 0 saturated heterocycles. The molecule has 0 radical (unpaired) electrons. The molecule has 0 aliphatic carbocycles. The summed E-state index contributed by atoms with van der Waals surface area (Å²) in [6.07, 6.45) is 2.70. The number of phosphoric acid groups is 1. The Hall–Kier alpha value is -0.810. The Bertz CT molecular complexity index is 634. The third-order valence-corrected chi connectivity index (χ3v) is 4.92. The summed E-state index contributed by atoms with van der Waals surface area (Å²) in [6, 6.07) is 0. The maximum absolute atomic E-state index is 13.1. The van der Waals surface area contributed by atoms with Crippen LogP contribution in [0.5, 0.6) is 0 Å². The Morgan fingerprint density at radius 1 is 1.28 bits per heavy atom. The summed E-state index contributed by atoms with van der Waals surface area (Å²) in [5, 5.41) is 0. The van der Waals surface area contributed by atoms with E-state index < -0.39 is 7.82 Å². The second-order valence-electron chi connectivity index (χ2n) is 7.30. The van der Waals surface area contributed by atoms with Gasteiger partial charge in [-0.05, 0) is 61.5 Å². The summed E-state index contributed by atoms with van der Waals surface area (Å²) in [4.78, 5) is 4.42. The van der Waals surface area contributed by atoms with E-state index in [9.17, 15) is 4.57 Å². The highest BCUT2D eigenvalue weighted by molar-refractivity contribution is 7.48. The lowest BCUT2D eigenvalue weighted by atomic mass is 10.1. The molecule has 0 amide bonds. The number of hydrogen-bond acceptors (Lipinski definition) is 5. The third-order valence-electron chi connectivity index (χ3n) is 2.98. The third kappa shape index (κ3) is 6.45. The molecule has 6 nitrogen and oxygen atoms in total. The van der Waals surface area contributed by atoms with Crippen molar-refractivity contribution in [3.63, 3.8) is 0 Å². The Morgan fingerprint density at radius 3 is 2.20 bits per heavy atom. The van der Waals surface area contributed by atoms with E-state index in [1.807, 2.05) is 11.5 Å². The predicted molar refractivity (Wildman–Crippen MR) is 102 cm³/mol. The monoisotopic (exact) mass is 392 g/mol. The van der Waals surface area contributed by atoms with Gasteiger partial charge in [0.15, 0.2) is 11.6 Å². The van der Waals surface area contributed by atoms with Crippen molar-refractivity contribution in [2.24, 2.45) is 0 Å². The van der Waals surface area contributed by atoms with Crippen LogP contribution in [0.25, 0.3) is 5.76 Å².